The highest BCUT2D eigenvalue weighted by atomic mass is 16.5. The van der Waals surface area contributed by atoms with E-state index in [1.165, 1.54) is 0 Å². The van der Waals surface area contributed by atoms with Crippen LogP contribution >= 0.6 is 0 Å². The molecule has 0 atom stereocenters. The third-order valence-electron chi connectivity index (χ3n) is 4.06. The van der Waals surface area contributed by atoms with Gasteiger partial charge in [-0.2, -0.15) is 0 Å². The molecule has 0 unspecified atom stereocenters. The molecule has 1 aromatic rings. The SMILES string of the molecule is CCCNC(=O)CCN=C(NCC)N1CCN(Cc2ccon2)CC1. The molecular formula is C17H30N6O2. The van der Waals surface area contributed by atoms with Gasteiger partial charge in [-0.25, -0.2) is 0 Å². The second-order valence-corrected chi connectivity index (χ2v) is 6.09. The Morgan fingerprint density at radius 3 is 2.72 bits per heavy atom. The lowest BCUT2D eigenvalue weighted by Gasteiger charge is -2.36. The van der Waals surface area contributed by atoms with Gasteiger partial charge in [-0.15, -0.1) is 0 Å². The normalized spacial score (nSPS) is 16.1. The number of piperazine rings is 1. The lowest BCUT2D eigenvalue weighted by atomic mass is 10.3. The standard InChI is InChI=1S/C17H30N6O2/c1-3-7-19-16(24)5-8-20-17(18-4-2)23-11-9-22(10-12-23)14-15-6-13-25-21-15/h6,13H,3-5,7-12,14H2,1-2H3,(H,18,20)(H,19,24). The van der Waals surface area contributed by atoms with Gasteiger partial charge >= 0.3 is 0 Å². The second-order valence-electron chi connectivity index (χ2n) is 6.09. The van der Waals surface area contributed by atoms with E-state index < -0.39 is 0 Å². The third kappa shape index (κ3) is 6.74. The van der Waals surface area contributed by atoms with Crippen molar-refractivity contribution in [3.05, 3.63) is 18.0 Å². The molecule has 1 amide bonds. The van der Waals surface area contributed by atoms with Gasteiger partial charge < -0.3 is 20.1 Å². The van der Waals surface area contributed by atoms with Crippen LogP contribution in [0.4, 0.5) is 0 Å². The Morgan fingerprint density at radius 1 is 1.28 bits per heavy atom. The number of carbonyl (C=O) groups excluding carboxylic acids is 1. The van der Waals surface area contributed by atoms with E-state index in [1.807, 2.05) is 13.0 Å². The summed E-state index contributed by atoms with van der Waals surface area (Å²) in [5.41, 5.74) is 0.965. The first kappa shape index (κ1) is 19.2. The van der Waals surface area contributed by atoms with E-state index >= 15 is 0 Å². The monoisotopic (exact) mass is 350 g/mol. The van der Waals surface area contributed by atoms with Crippen LogP contribution in [0, 0.1) is 0 Å². The molecule has 1 saturated heterocycles. The Bertz CT molecular complexity index is 523. The van der Waals surface area contributed by atoms with Crippen molar-refractivity contribution in [1.29, 1.82) is 0 Å². The van der Waals surface area contributed by atoms with Crippen molar-refractivity contribution in [2.75, 3.05) is 45.8 Å². The van der Waals surface area contributed by atoms with Gasteiger partial charge in [-0.1, -0.05) is 12.1 Å². The maximum absolute atomic E-state index is 11.7. The number of aromatic nitrogens is 1. The Hall–Kier alpha value is -2.09. The molecule has 8 nitrogen and oxygen atoms in total. The summed E-state index contributed by atoms with van der Waals surface area (Å²) >= 11 is 0. The van der Waals surface area contributed by atoms with Crippen molar-refractivity contribution in [2.24, 2.45) is 4.99 Å². The van der Waals surface area contributed by atoms with Crippen molar-refractivity contribution < 1.29 is 9.32 Å². The van der Waals surface area contributed by atoms with Crippen LogP contribution in [-0.2, 0) is 11.3 Å². The van der Waals surface area contributed by atoms with Gasteiger partial charge in [0.25, 0.3) is 0 Å². The van der Waals surface area contributed by atoms with Crippen molar-refractivity contribution in [3.63, 3.8) is 0 Å². The van der Waals surface area contributed by atoms with E-state index in [1.54, 1.807) is 6.26 Å². The number of nitrogens with zero attached hydrogens (tertiary/aromatic N) is 4. The Balaban J connectivity index is 1.77. The lowest BCUT2D eigenvalue weighted by molar-refractivity contribution is -0.120. The molecule has 1 aromatic heterocycles. The summed E-state index contributed by atoms with van der Waals surface area (Å²) in [6, 6.07) is 1.90. The average molecular weight is 350 g/mol. The molecule has 2 rings (SSSR count). The summed E-state index contributed by atoms with van der Waals surface area (Å²) in [5, 5.41) is 10.2. The topological polar surface area (TPSA) is 86.0 Å². The number of carbonyl (C=O) groups is 1. The number of rotatable bonds is 8. The second kappa shape index (κ2) is 10.7. The molecule has 0 saturated carbocycles. The molecule has 1 aliphatic heterocycles. The van der Waals surface area contributed by atoms with Crippen LogP contribution in [0.5, 0.6) is 0 Å². The molecule has 25 heavy (non-hydrogen) atoms. The van der Waals surface area contributed by atoms with Crippen LogP contribution in [0.15, 0.2) is 21.8 Å². The number of amides is 1. The third-order valence-corrected chi connectivity index (χ3v) is 4.06. The number of hydrogen-bond acceptors (Lipinski definition) is 5. The van der Waals surface area contributed by atoms with E-state index in [4.69, 9.17) is 4.52 Å². The Morgan fingerprint density at radius 2 is 2.08 bits per heavy atom. The summed E-state index contributed by atoms with van der Waals surface area (Å²) in [7, 11) is 0. The van der Waals surface area contributed by atoms with E-state index in [2.05, 4.69) is 37.5 Å². The smallest absolute Gasteiger partial charge is 0.221 e. The van der Waals surface area contributed by atoms with E-state index in [-0.39, 0.29) is 5.91 Å². The fraction of sp³-hybridized carbons (Fsp3) is 0.706. The van der Waals surface area contributed by atoms with Crippen LogP contribution in [0.2, 0.25) is 0 Å². The zero-order chi connectivity index (χ0) is 17.9. The largest absolute Gasteiger partial charge is 0.364 e. The van der Waals surface area contributed by atoms with Crippen LogP contribution in [0.25, 0.3) is 0 Å². The summed E-state index contributed by atoms with van der Waals surface area (Å²) in [6.45, 7) is 10.7. The molecule has 1 aliphatic rings. The fourth-order valence-corrected chi connectivity index (χ4v) is 2.71. The van der Waals surface area contributed by atoms with Gasteiger partial charge in [0.2, 0.25) is 5.91 Å². The minimum atomic E-state index is 0.0684. The van der Waals surface area contributed by atoms with Crippen molar-refractivity contribution in [2.45, 2.75) is 33.2 Å². The van der Waals surface area contributed by atoms with Gasteiger partial charge in [0, 0.05) is 58.3 Å². The van der Waals surface area contributed by atoms with Crippen LogP contribution in [0.3, 0.4) is 0 Å². The molecule has 2 N–H and O–H groups in total. The number of aliphatic imine (C=N–C) groups is 1. The molecule has 0 spiro atoms. The van der Waals surface area contributed by atoms with E-state index in [9.17, 15) is 4.79 Å². The summed E-state index contributed by atoms with van der Waals surface area (Å²) in [6.07, 6.45) is 3.00. The van der Waals surface area contributed by atoms with Gasteiger partial charge in [-0.3, -0.25) is 14.7 Å². The minimum Gasteiger partial charge on any atom is -0.364 e. The predicted molar refractivity (Wildman–Crippen MR) is 97.2 cm³/mol. The molecule has 0 radical (unpaired) electrons. The summed E-state index contributed by atoms with van der Waals surface area (Å²) in [4.78, 5) is 20.9. The van der Waals surface area contributed by atoms with Gasteiger partial charge in [0.1, 0.15) is 6.26 Å². The number of hydrogen-bond donors (Lipinski definition) is 2. The average Bonchev–Trinajstić information content (AvgIpc) is 3.13. The summed E-state index contributed by atoms with van der Waals surface area (Å²) in [5.74, 6) is 0.964. The van der Waals surface area contributed by atoms with E-state index in [0.29, 0.717) is 13.0 Å². The highest BCUT2D eigenvalue weighted by Crippen LogP contribution is 2.07. The fourth-order valence-electron chi connectivity index (χ4n) is 2.71. The number of nitrogens with one attached hydrogen (secondary N) is 2. The number of guanidine groups is 1. The minimum absolute atomic E-state index is 0.0684. The maximum atomic E-state index is 11.7. The Labute approximate surface area is 149 Å². The van der Waals surface area contributed by atoms with Crippen LogP contribution in [-0.4, -0.2) is 72.6 Å². The first-order valence-corrected chi connectivity index (χ1v) is 9.14. The zero-order valence-corrected chi connectivity index (χ0v) is 15.3. The lowest BCUT2D eigenvalue weighted by Crippen LogP contribution is -2.52. The molecule has 0 aromatic carbocycles. The molecule has 1 fully saturated rings. The molecule has 2 heterocycles. The first-order valence-electron chi connectivity index (χ1n) is 9.14. The van der Waals surface area contributed by atoms with Crippen molar-refractivity contribution >= 4 is 11.9 Å². The quantitative estimate of drug-likeness (QED) is 0.530. The van der Waals surface area contributed by atoms with Crippen LogP contribution < -0.4 is 10.6 Å². The molecular weight excluding hydrogens is 320 g/mol. The maximum Gasteiger partial charge on any atom is 0.221 e. The molecule has 8 heteroatoms. The van der Waals surface area contributed by atoms with Crippen LogP contribution in [0.1, 0.15) is 32.4 Å². The first-order chi connectivity index (χ1) is 12.2. The summed E-state index contributed by atoms with van der Waals surface area (Å²) < 4.78 is 4.89. The zero-order valence-electron chi connectivity index (χ0n) is 15.3. The van der Waals surface area contributed by atoms with Crippen molar-refractivity contribution in [3.8, 4) is 0 Å². The van der Waals surface area contributed by atoms with Crippen molar-refractivity contribution in [1.82, 2.24) is 25.6 Å². The van der Waals surface area contributed by atoms with E-state index in [0.717, 1.165) is 63.9 Å². The molecule has 0 aliphatic carbocycles. The molecule has 140 valence electrons. The van der Waals surface area contributed by atoms with Gasteiger partial charge in [0.15, 0.2) is 5.96 Å². The predicted octanol–water partition coefficient (Wildman–Crippen LogP) is 0.674. The highest BCUT2D eigenvalue weighted by Gasteiger charge is 2.20. The highest BCUT2D eigenvalue weighted by molar-refractivity contribution is 5.81. The Kier molecular flexibility index (Phi) is 8.24. The van der Waals surface area contributed by atoms with Gasteiger partial charge in [-0.05, 0) is 13.3 Å². The molecule has 0 bridgehead atoms. The van der Waals surface area contributed by atoms with Gasteiger partial charge in [0.05, 0.1) is 12.2 Å².